The van der Waals surface area contributed by atoms with Crippen LogP contribution in [0.1, 0.15) is 20.8 Å². The van der Waals surface area contributed by atoms with E-state index < -0.39 is 0 Å². The molecule has 0 aromatic rings. The molecular formula is C10H14N2. The Morgan fingerprint density at radius 1 is 1.42 bits per heavy atom. The Bertz CT molecular complexity index is 283. The molecule has 0 spiro atoms. The van der Waals surface area contributed by atoms with Crippen LogP contribution in [0.4, 0.5) is 0 Å². The van der Waals surface area contributed by atoms with Gasteiger partial charge in [-0.1, -0.05) is 6.58 Å². The zero-order valence-electron chi connectivity index (χ0n) is 7.81. The molecular weight excluding hydrogens is 148 g/mol. The highest BCUT2D eigenvalue weighted by molar-refractivity contribution is 5.46. The Kier molecular flexibility index (Phi) is 3.85. The highest BCUT2D eigenvalue weighted by Crippen LogP contribution is 2.13. The van der Waals surface area contributed by atoms with Crippen molar-refractivity contribution < 1.29 is 0 Å². The molecule has 0 fully saturated rings. The lowest BCUT2D eigenvalue weighted by Gasteiger charge is -2.00. The standard InChI is InChI=1S/C10H14N2/c1-7(2)10(6-11)8(3)5-9(4)12/h5H,1,12H2,2-4H3/b9-5+,10-8-. The van der Waals surface area contributed by atoms with Gasteiger partial charge in [0.05, 0.1) is 11.6 Å². The minimum atomic E-state index is 0.611. The van der Waals surface area contributed by atoms with E-state index in [0.717, 1.165) is 11.1 Å². The number of nitrogens with zero attached hydrogens (tertiary/aromatic N) is 1. The molecule has 0 heterocycles. The van der Waals surface area contributed by atoms with Crippen LogP contribution in [-0.2, 0) is 0 Å². The fourth-order valence-corrected chi connectivity index (χ4v) is 0.934. The van der Waals surface area contributed by atoms with E-state index in [1.54, 1.807) is 13.0 Å². The Balaban J connectivity index is 5.03. The Hall–Kier alpha value is -1.49. The highest BCUT2D eigenvalue weighted by Gasteiger charge is 1.99. The van der Waals surface area contributed by atoms with Gasteiger partial charge >= 0.3 is 0 Å². The van der Waals surface area contributed by atoms with Crippen molar-refractivity contribution in [3.63, 3.8) is 0 Å². The molecule has 0 saturated carbocycles. The van der Waals surface area contributed by atoms with Crippen LogP contribution >= 0.6 is 0 Å². The van der Waals surface area contributed by atoms with E-state index in [-0.39, 0.29) is 0 Å². The lowest BCUT2D eigenvalue weighted by atomic mass is 10.0. The van der Waals surface area contributed by atoms with E-state index in [1.807, 2.05) is 13.8 Å². The van der Waals surface area contributed by atoms with Gasteiger partial charge < -0.3 is 5.73 Å². The third kappa shape index (κ3) is 3.07. The average molecular weight is 162 g/mol. The molecule has 2 heteroatoms. The lowest BCUT2D eigenvalue weighted by molar-refractivity contribution is 1.26. The normalized spacial score (nSPS) is 13.3. The van der Waals surface area contributed by atoms with Gasteiger partial charge in [0.2, 0.25) is 0 Å². The molecule has 0 atom stereocenters. The smallest absolute Gasteiger partial charge is 0.0997 e. The molecule has 0 aliphatic rings. The Morgan fingerprint density at radius 2 is 1.92 bits per heavy atom. The van der Waals surface area contributed by atoms with E-state index >= 15 is 0 Å². The molecule has 12 heavy (non-hydrogen) atoms. The second kappa shape index (κ2) is 4.40. The zero-order chi connectivity index (χ0) is 9.72. The van der Waals surface area contributed by atoms with Crippen molar-refractivity contribution in [1.29, 1.82) is 5.26 Å². The number of allylic oxidation sites excluding steroid dienone is 5. The molecule has 2 nitrogen and oxygen atoms in total. The largest absolute Gasteiger partial charge is 0.402 e. The third-order valence-corrected chi connectivity index (χ3v) is 1.38. The highest BCUT2D eigenvalue weighted by atomic mass is 14.5. The first-order valence-electron chi connectivity index (χ1n) is 3.69. The maximum atomic E-state index is 8.74. The van der Waals surface area contributed by atoms with Crippen LogP contribution in [0, 0.1) is 11.3 Å². The predicted octanol–water partition coefficient (Wildman–Crippen LogP) is 2.27. The fourth-order valence-electron chi connectivity index (χ4n) is 0.934. The van der Waals surface area contributed by atoms with Crippen molar-refractivity contribution in [3.05, 3.63) is 35.1 Å². The van der Waals surface area contributed by atoms with Crippen molar-refractivity contribution in [1.82, 2.24) is 0 Å². The van der Waals surface area contributed by atoms with Gasteiger partial charge in [-0.3, -0.25) is 0 Å². The summed E-state index contributed by atoms with van der Waals surface area (Å²) < 4.78 is 0. The second-order valence-electron chi connectivity index (χ2n) is 2.84. The van der Waals surface area contributed by atoms with Gasteiger partial charge in [0.25, 0.3) is 0 Å². The second-order valence-corrected chi connectivity index (χ2v) is 2.84. The molecule has 0 aliphatic carbocycles. The van der Waals surface area contributed by atoms with Crippen LogP contribution in [0.15, 0.2) is 35.1 Å². The van der Waals surface area contributed by atoms with E-state index in [2.05, 4.69) is 12.6 Å². The SMILES string of the molecule is C=C(C)/C(C#N)=C(C)\C=C(/C)N. The van der Waals surface area contributed by atoms with Crippen LogP contribution in [0.5, 0.6) is 0 Å². The quantitative estimate of drug-likeness (QED) is 0.500. The maximum Gasteiger partial charge on any atom is 0.0997 e. The van der Waals surface area contributed by atoms with Crippen LogP contribution in [-0.4, -0.2) is 0 Å². The minimum Gasteiger partial charge on any atom is -0.402 e. The van der Waals surface area contributed by atoms with Crippen molar-refractivity contribution >= 4 is 0 Å². The molecule has 0 radical (unpaired) electrons. The first kappa shape index (κ1) is 10.5. The lowest BCUT2D eigenvalue weighted by Crippen LogP contribution is -1.92. The summed E-state index contributed by atoms with van der Waals surface area (Å²) >= 11 is 0. The van der Waals surface area contributed by atoms with E-state index in [4.69, 9.17) is 11.0 Å². The van der Waals surface area contributed by atoms with Gasteiger partial charge in [0.1, 0.15) is 0 Å². The summed E-state index contributed by atoms with van der Waals surface area (Å²) in [4.78, 5) is 0. The average Bonchev–Trinajstić information content (AvgIpc) is 1.85. The number of rotatable bonds is 2. The third-order valence-electron chi connectivity index (χ3n) is 1.38. The zero-order valence-corrected chi connectivity index (χ0v) is 7.81. The van der Waals surface area contributed by atoms with Crippen molar-refractivity contribution in [2.75, 3.05) is 0 Å². The predicted molar refractivity (Wildman–Crippen MR) is 51.1 cm³/mol. The van der Waals surface area contributed by atoms with Gasteiger partial charge in [-0.25, -0.2) is 0 Å². The maximum absolute atomic E-state index is 8.74. The van der Waals surface area contributed by atoms with Gasteiger partial charge in [0.15, 0.2) is 0 Å². The molecule has 0 bridgehead atoms. The first-order chi connectivity index (χ1) is 5.49. The van der Waals surface area contributed by atoms with Crippen molar-refractivity contribution in [3.8, 4) is 6.07 Å². The molecule has 0 aromatic heterocycles. The van der Waals surface area contributed by atoms with E-state index in [1.165, 1.54) is 0 Å². The molecule has 0 amide bonds. The number of nitrogens with two attached hydrogens (primary N) is 1. The van der Waals surface area contributed by atoms with Gasteiger partial charge in [-0.05, 0) is 38.0 Å². The summed E-state index contributed by atoms with van der Waals surface area (Å²) in [5.74, 6) is 0. The number of hydrogen-bond donors (Lipinski definition) is 1. The van der Waals surface area contributed by atoms with Crippen LogP contribution < -0.4 is 5.73 Å². The van der Waals surface area contributed by atoms with Crippen molar-refractivity contribution in [2.45, 2.75) is 20.8 Å². The molecule has 64 valence electrons. The summed E-state index contributed by atoms with van der Waals surface area (Å²) in [7, 11) is 0. The summed E-state index contributed by atoms with van der Waals surface area (Å²) in [5, 5.41) is 8.74. The number of hydrogen-bond acceptors (Lipinski definition) is 2. The molecule has 2 N–H and O–H groups in total. The summed E-state index contributed by atoms with van der Waals surface area (Å²) in [6.07, 6.45) is 1.77. The van der Waals surface area contributed by atoms with Crippen LogP contribution in [0.25, 0.3) is 0 Å². The Morgan fingerprint density at radius 3 is 2.17 bits per heavy atom. The summed E-state index contributed by atoms with van der Waals surface area (Å²) in [6, 6.07) is 2.09. The van der Waals surface area contributed by atoms with Gasteiger partial charge in [-0.2, -0.15) is 5.26 Å². The topological polar surface area (TPSA) is 49.8 Å². The molecule has 0 rings (SSSR count). The first-order valence-corrected chi connectivity index (χ1v) is 3.69. The van der Waals surface area contributed by atoms with E-state index in [0.29, 0.717) is 11.3 Å². The number of nitriles is 1. The van der Waals surface area contributed by atoms with Crippen LogP contribution in [0.3, 0.4) is 0 Å². The summed E-state index contributed by atoms with van der Waals surface area (Å²) in [5.41, 5.74) is 8.42. The monoisotopic (exact) mass is 162 g/mol. The van der Waals surface area contributed by atoms with Gasteiger partial charge in [-0.15, -0.1) is 0 Å². The fraction of sp³-hybridized carbons (Fsp3) is 0.300. The Labute approximate surface area is 73.7 Å². The van der Waals surface area contributed by atoms with Crippen molar-refractivity contribution in [2.24, 2.45) is 5.73 Å². The molecule has 0 unspecified atom stereocenters. The summed E-state index contributed by atoms with van der Waals surface area (Å²) in [6.45, 7) is 9.15. The van der Waals surface area contributed by atoms with Gasteiger partial charge in [0, 0.05) is 5.70 Å². The molecule has 0 aromatic carbocycles. The molecule has 0 aliphatic heterocycles. The van der Waals surface area contributed by atoms with Crippen LogP contribution in [0.2, 0.25) is 0 Å². The molecule has 0 saturated heterocycles. The van der Waals surface area contributed by atoms with E-state index in [9.17, 15) is 0 Å². The minimum absolute atomic E-state index is 0.611.